The maximum Gasteiger partial charge on any atom is 0.397 e. The first-order valence-corrected chi connectivity index (χ1v) is 7.22. The van der Waals surface area contributed by atoms with Crippen molar-refractivity contribution in [2.45, 2.75) is 31.3 Å². The fourth-order valence-electron chi connectivity index (χ4n) is 1.60. The zero-order valence-electron chi connectivity index (χ0n) is 9.59. The van der Waals surface area contributed by atoms with Gasteiger partial charge >= 0.3 is 21.8 Å². The Bertz CT molecular complexity index is 394. The van der Waals surface area contributed by atoms with Crippen LogP contribution in [0.3, 0.4) is 0 Å². The molecule has 5 atom stereocenters. The van der Waals surface area contributed by atoms with Crippen LogP contribution < -0.4 is 0 Å². The van der Waals surface area contributed by atoms with Gasteiger partial charge < -0.3 is 9.47 Å². The molecule has 0 amide bonds. The quantitative estimate of drug-likeness (QED) is 0.492. The van der Waals surface area contributed by atoms with Gasteiger partial charge in [0.1, 0.15) is 18.3 Å². The molecule has 0 spiro atoms. The molecule has 0 aromatic carbocycles. The summed E-state index contributed by atoms with van der Waals surface area (Å²) in [6.07, 6.45) is -4.04. The Kier molecular flexibility index (Phi) is 5.61. The lowest BCUT2D eigenvalue weighted by Gasteiger charge is -2.38. The lowest BCUT2D eigenvalue weighted by molar-refractivity contribution is -0.172. The van der Waals surface area contributed by atoms with Crippen molar-refractivity contribution in [3.8, 4) is 0 Å². The fraction of sp³-hybridized carbons (Fsp3) is 1.00. The summed E-state index contributed by atoms with van der Waals surface area (Å²) in [7, 11) is -3.46. The molecule has 0 aromatic rings. The van der Waals surface area contributed by atoms with Crippen molar-refractivity contribution >= 4 is 21.8 Å². The van der Waals surface area contributed by atoms with Crippen LogP contribution in [-0.4, -0.2) is 59.9 Å². The van der Waals surface area contributed by atoms with E-state index in [1.54, 1.807) is 0 Å². The molecule has 1 aliphatic rings. The van der Waals surface area contributed by atoms with Crippen LogP contribution in [-0.2, 0) is 39.6 Å². The molecule has 0 aromatic heterocycles. The zero-order valence-corrected chi connectivity index (χ0v) is 11.2. The van der Waals surface area contributed by atoms with Gasteiger partial charge in [-0.15, -0.1) is 0 Å². The maximum absolute atomic E-state index is 10.7. The predicted octanol–water partition coefficient (Wildman–Crippen LogP) is -0.870. The van der Waals surface area contributed by atoms with E-state index in [1.165, 1.54) is 14.0 Å². The largest absolute Gasteiger partial charge is 0.397 e. The second kappa shape index (κ2) is 6.34. The summed E-state index contributed by atoms with van der Waals surface area (Å²) in [4.78, 5) is 0. The summed E-state index contributed by atoms with van der Waals surface area (Å²) >= 11 is -2.64. The number of rotatable bonds is 5. The summed E-state index contributed by atoms with van der Waals surface area (Å²) in [5.74, 6) is 0. The summed E-state index contributed by atoms with van der Waals surface area (Å²) in [5.41, 5.74) is 0. The zero-order chi connectivity index (χ0) is 13.9. The Morgan fingerprint density at radius 1 is 1.39 bits per heavy atom. The van der Waals surface area contributed by atoms with Crippen molar-refractivity contribution in [1.29, 1.82) is 0 Å². The minimum absolute atomic E-state index is 0.0326. The van der Waals surface area contributed by atoms with Gasteiger partial charge in [0, 0.05) is 7.11 Å². The Balaban J connectivity index is 2.92. The minimum Gasteiger partial charge on any atom is -0.376 e. The molecule has 108 valence electrons. The van der Waals surface area contributed by atoms with Crippen LogP contribution in [0.1, 0.15) is 6.92 Å². The van der Waals surface area contributed by atoms with Gasteiger partial charge in [0.2, 0.25) is 0 Å². The van der Waals surface area contributed by atoms with Gasteiger partial charge in [-0.05, 0) is 6.92 Å². The van der Waals surface area contributed by atoms with E-state index in [0.717, 1.165) is 0 Å². The summed E-state index contributed by atoms with van der Waals surface area (Å²) in [5, 5.41) is 0. The SMILES string of the molecule is COC1COC(C)C(OS(=O)(=O)O)C1OS(=O)O. The first-order valence-electron chi connectivity index (χ1n) is 4.82. The molecule has 5 unspecified atom stereocenters. The van der Waals surface area contributed by atoms with Gasteiger partial charge in [0.05, 0.1) is 12.7 Å². The van der Waals surface area contributed by atoms with Crippen LogP contribution in [0.15, 0.2) is 0 Å². The number of ether oxygens (including phenoxy) is 2. The highest BCUT2D eigenvalue weighted by atomic mass is 32.3. The minimum atomic E-state index is -4.75. The Hall–Kier alpha value is -0.140. The monoisotopic (exact) mass is 306 g/mol. The van der Waals surface area contributed by atoms with Gasteiger partial charge in [-0.25, -0.2) is 4.18 Å². The highest BCUT2D eigenvalue weighted by Gasteiger charge is 2.44. The fourth-order valence-corrected chi connectivity index (χ4v) is 2.57. The Morgan fingerprint density at radius 2 is 2.00 bits per heavy atom. The van der Waals surface area contributed by atoms with E-state index in [-0.39, 0.29) is 6.61 Å². The molecule has 0 radical (unpaired) electrons. The summed E-state index contributed by atoms with van der Waals surface area (Å²) in [6, 6.07) is 0. The van der Waals surface area contributed by atoms with Crippen molar-refractivity contribution in [3.63, 3.8) is 0 Å². The van der Waals surface area contributed by atoms with Crippen molar-refractivity contribution in [2.75, 3.05) is 13.7 Å². The van der Waals surface area contributed by atoms with Gasteiger partial charge in [-0.3, -0.25) is 13.3 Å². The van der Waals surface area contributed by atoms with Gasteiger partial charge in [0.25, 0.3) is 0 Å². The van der Waals surface area contributed by atoms with Gasteiger partial charge in [-0.1, -0.05) is 0 Å². The van der Waals surface area contributed by atoms with Crippen LogP contribution in [0.5, 0.6) is 0 Å². The molecule has 1 rings (SSSR count). The van der Waals surface area contributed by atoms with E-state index in [4.69, 9.17) is 18.6 Å². The molecule has 0 aliphatic carbocycles. The first-order chi connectivity index (χ1) is 8.24. The molecule has 9 nitrogen and oxygen atoms in total. The van der Waals surface area contributed by atoms with Crippen LogP contribution in [0.25, 0.3) is 0 Å². The van der Waals surface area contributed by atoms with E-state index in [9.17, 15) is 12.6 Å². The standard InChI is InChI=1S/C7H14O9S2/c1-4-6(16-18(10,11)12)7(15-17(8)9)5(13-2)3-14-4/h4-7H,3H2,1-2H3,(H,8,9)(H,10,11,12). The second-order valence-electron chi connectivity index (χ2n) is 3.58. The van der Waals surface area contributed by atoms with Crippen LogP contribution in [0.2, 0.25) is 0 Å². The van der Waals surface area contributed by atoms with Crippen molar-refractivity contribution < 1.29 is 39.6 Å². The highest BCUT2D eigenvalue weighted by molar-refractivity contribution is 7.80. The molecule has 1 fully saturated rings. The van der Waals surface area contributed by atoms with Gasteiger partial charge in [-0.2, -0.15) is 12.6 Å². The second-order valence-corrected chi connectivity index (χ2v) is 5.25. The summed E-state index contributed by atoms with van der Waals surface area (Å²) in [6.45, 7) is 1.50. The molecular formula is C7H14O9S2. The van der Waals surface area contributed by atoms with E-state index in [1.807, 2.05) is 0 Å². The Labute approximate surface area is 107 Å². The molecule has 18 heavy (non-hydrogen) atoms. The molecule has 0 saturated carbocycles. The summed E-state index contributed by atoms with van der Waals surface area (Å²) < 4.78 is 68.6. The lowest BCUT2D eigenvalue weighted by atomic mass is 10.0. The van der Waals surface area contributed by atoms with Crippen molar-refractivity contribution in [1.82, 2.24) is 0 Å². The molecule has 0 bridgehead atoms. The van der Waals surface area contributed by atoms with Crippen LogP contribution in [0, 0.1) is 0 Å². The van der Waals surface area contributed by atoms with Crippen molar-refractivity contribution in [2.24, 2.45) is 0 Å². The first kappa shape index (κ1) is 15.9. The van der Waals surface area contributed by atoms with Crippen LogP contribution >= 0.6 is 0 Å². The number of hydrogen-bond donors (Lipinski definition) is 2. The van der Waals surface area contributed by atoms with E-state index >= 15 is 0 Å². The predicted molar refractivity (Wildman–Crippen MR) is 58.3 cm³/mol. The molecule has 1 aliphatic heterocycles. The highest BCUT2D eigenvalue weighted by Crippen LogP contribution is 2.24. The third-order valence-electron chi connectivity index (χ3n) is 2.41. The molecule has 1 saturated heterocycles. The maximum atomic E-state index is 10.7. The third kappa shape index (κ3) is 4.51. The average molecular weight is 306 g/mol. The number of methoxy groups -OCH3 is 1. The molecule has 11 heteroatoms. The molecule has 2 N–H and O–H groups in total. The van der Waals surface area contributed by atoms with Crippen molar-refractivity contribution in [3.05, 3.63) is 0 Å². The van der Waals surface area contributed by atoms with Crippen LogP contribution in [0.4, 0.5) is 0 Å². The molecular weight excluding hydrogens is 292 g/mol. The number of hydrogen-bond acceptors (Lipinski definition) is 7. The topological polar surface area (TPSA) is 129 Å². The normalized spacial score (nSPS) is 35.3. The Morgan fingerprint density at radius 3 is 2.44 bits per heavy atom. The smallest absolute Gasteiger partial charge is 0.376 e. The van der Waals surface area contributed by atoms with E-state index < -0.39 is 46.2 Å². The third-order valence-corrected chi connectivity index (χ3v) is 3.26. The van der Waals surface area contributed by atoms with E-state index in [0.29, 0.717) is 0 Å². The average Bonchev–Trinajstić information content (AvgIpc) is 2.21. The van der Waals surface area contributed by atoms with E-state index in [2.05, 4.69) is 8.37 Å². The van der Waals surface area contributed by atoms with Gasteiger partial charge in [0.15, 0.2) is 0 Å². The lowest BCUT2D eigenvalue weighted by Crippen LogP contribution is -2.55. The molecule has 1 heterocycles.